The third kappa shape index (κ3) is 47.2. The second kappa shape index (κ2) is 51.8. The molecule has 376 valence electrons. The molecule has 0 aliphatic heterocycles. The maximum atomic E-state index is 13.3. The molecule has 1 amide bonds. The molecule has 0 aliphatic carbocycles. The molecule has 0 fully saturated rings. The van der Waals surface area contributed by atoms with Gasteiger partial charge in [0.05, 0.1) is 25.2 Å². The zero-order valence-electron chi connectivity index (χ0n) is 43.0. The second-order valence-corrected chi connectivity index (χ2v) is 20.1. The molecule has 0 heterocycles. The Labute approximate surface area is 394 Å². The van der Waals surface area contributed by atoms with Crippen LogP contribution < -0.4 is 5.32 Å². The fraction of sp³-hybridized carbons (Fsp3) is 0.965. The summed E-state index contributed by atoms with van der Waals surface area (Å²) in [6, 6.07) is -0.693. The number of ether oxygens (including phenoxy) is 1. The molecule has 3 N–H and O–H groups in total. The van der Waals surface area contributed by atoms with Crippen LogP contribution in [0.2, 0.25) is 0 Å². The molecule has 0 aromatic rings. The van der Waals surface area contributed by atoms with E-state index in [9.17, 15) is 19.8 Å². The van der Waals surface area contributed by atoms with Crippen LogP contribution in [0.15, 0.2) is 0 Å². The highest BCUT2D eigenvalue weighted by Gasteiger charge is 2.24. The van der Waals surface area contributed by atoms with Crippen molar-refractivity contribution in [3.8, 4) is 0 Å². The molecule has 0 radical (unpaired) electrons. The molecule has 3 atom stereocenters. The molecule has 63 heavy (non-hydrogen) atoms. The van der Waals surface area contributed by atoms with Crippen molar-refractivity contribution >= 4 is 11.9 Å². The van der Waals surface area contributed by atoms with Crippen molar-refractivity contribution in [2.75, 3.05) is 6.61 Å². The average Bonchev–Trinajstić information content (AvgIpc) is 3.28. The summed E-state index contributed by atoms with van der Waals surface area (Å²) in [5.41, 5.74) is 0. The van der Waals surface area contributed by atoms with Crippen LogP contribution in [-0.2, 0) is 14.3 Å². The Morgan fingerprint density at radius 1 is 0.397 bits per heavy atom. The van der Waals surface area contributed by atoms with Gasteiger partial charge in [0, 0.05) is 6.42 Å². The molecule has 0 saturated heterocycles. The number of unbranched alkanes of at least 4 members (excludes halogenated alkanes) is 41. The van der Waals surface area contributed by atoms with E-state index in [0.717, 1.165) is 38.5 Å². The molecule has 3 unspecified atom stereocenters. The molecular weight excluding hydrogens is 779 g/mol. The SMILES string of the molecule is CCCCCCCCCCCCCCCCCCC(O)C(CO)NC(=O)CC(CCCCCCCCCCCCCCCCC)OC(=O)CCCCCCCCCCCCCCC. The van der Waals surface area contributed by atoms with E-state index in [2.05, 4.69) is 26.1 Å². The Bertz CT molecular complexity index is 913. The number of nitrogens with one attached hydrogen (secondary N) is 1. The minimum atomic E-state index is -0.780. The lowest BCUT2D eigenvalue weighted by Crippen LogP contribution is -2.46. The van der Waals surface area contributed by atoms with Crippen LogP contribution in [0.1, 0.15) is 329 Å². The molecule has 0 saturated carbocycles. The van der Waals surface area contributed by atoms with Gasteiger partial charge in [0.2, 0.25) is 5.91 Å². The van der Waals surface area contributed by atoms with Crippen molar-refractivity contribution in [1.29, 1.82) is 0 Å². The van der Waals surface area contributed by atoms with Crippen LogP contribution in [0.5, 0.6) is 0 Å². The number of carbonyl (C=O) groups is 2. The summed E-state index contributed by atoms with van der Waals surface area (Å²) >= 11 is 0. The van der Waals surface area contributed by atoms with Crippen LogP contribution >= 0.6 is 0 Å². The summed E-state index contributed by atoms with van der Waals surface area (Å²) in [4.78, 5) is 26.2. The Hall–Kier alpha value is -1.14. The Kier molecular flexibility index (Phi) is 50.9. The first-order valence-corrected chi connectivity index (χ1v) is 28.8. The van der Waals surface area contributed by atoms with Crippen molar-refractivity contribution < 1.29 is 24.5 Å². The number of esters is 1. The zero-order chi connectivity index (χ0) is 45.9. The Morgan fingerprint density at radius 2 is 0.667 bits per heavy atom. The topological polar surface area (TPSA) is 95.9 Å². The lowest BCUT2D eigenvalue weighted by atomic mass is 10.0. The van der Waals surface area contributed by atoms with E-state index in [1.807, 2.05) is 0 Å². The molecule has 0 aromatic carbocycles. The van der Waals surface area contributed by atoms with Crippen LogP contribution in [0.3, 0.4) is 0 Å². The fourth-order valence-corrected chi connectivity index (χ4v) is 9.32. The highest BCUT2D eigenvalue weighted by molar-refractivity contribution is 5.77. The zero-order valence-corrected chi connectivity index (χ0v) is 43.0. The number of aliphatic hydroxyl groups excluding tert-OH is 2. The molecular formula is C57H113NO5. The first kappa shape index (κ1) is 61.9. The summed E-state index contributed by atoms with van der Waals surface area (Å²) in [6.45, 7) is 6.53. The van der Waals surface area contributed by atoms with Gasteiger partial charge in [0.25, 0.3) is 0 Å². The quantitative estimate of drug-likeness (QED) is 0.0418. The Morgan fingerprint density at radius 3 is 0.968 bits per heavy atom. The number of hydrogen-bond acceptors (Lipinski definition) is 5. The summed E-state index contributed by atoms with van der Waals surface area (Å²) in [5.74, 6) is -0.445. The van der Waals surface area contributed by atoms with Gasteiger partial charge in [0.15, 0.2) is 0 Å². The number of amides is 1. The number of carbonyl (C=O) groups excluding carboxylic acids is 2. The lowest BCUT2D eigenvalue weighted by Gasteiger charge is -2.24. The second-order valence-electron chi connectivity index (χ2n) is 20.1. The molecule has 6 heteroatoms. The van der Waals surface area contributed by atoms with Crippen LogP contribution in [0, 0.1) is 0 Å². The highest BCUT2D eigenvalue weighted by atomic mass is 16.5. The van der Waals surface area contributed by atoms with Gasteiger partial charge in [-0.15, -0.1) is 0 Å². The average molecular weight is 893 g/mol. The van der Waals surface area contributed by atoms with Crippen LogP contribution in [0.4, 0.5) is 0 Å². The van der Waals surface area contributed by atoms with Gasteiger partial charge in [-0.05, 0) is 25.7 Å². The number of aliphatic hydroxyl groups is 2. The van der Waals surface area contributed by atoms with Gasteiger partial charge < -0.3 is 20.3 Å². The third-order valence-corrected chi connectivity index (χ3v) is 13.7. The number of rotatable bonds is 53. The van der Waals surface area contributed by atoms with Gasteiger partial charge in [0.1, 0.15) is 6.10 Å². The Balaban J connectivity index is 4.47. The highest BCUT2D eigenvalue weighted by Crippen LogP contribution is 2.19. The van der Waals surface area contributed by atoms with Crippen molar-refractivity contribution in [3.63, 3.8) is 0 Å². The normalized spacial score (nSPS) is 13.0. The molecule has 0 aliphatic rings. The maximum Gasteiger partial charge on any atom is 0.306 e. The van der Waals surface area contributed by atoms with E-state index >= 15 is 0 Å². The monoisotopic (exact) mass is 892 g/mol. The van der Waals surface area contributed by atoms with Gasteiger partial charge in [-0.1, -0.05) is 290 Å². The summed E-state index contributed by atoms with van der Waals surface area (Å²) < 4.78 is 5.96. The summed E-state index contributed by atoms with van der Waals surface area (Å²) in [6.07, 6.45) is 57.4. The van der Waals surface area contributed by atoms with E-state index in [-0.39, 0.29) is 24.9 Å². The van der Waals surface area contributed by atoms with Crippen molar-refractivity contribution in [2.24, 2.45) is 0 Å². The first-order valence-electron chi connectivity index (χ1n) is 28.8. The van der Waals surface area contributed by atoms with E-state index < -0.39 is 18.2 Å². The largest absolute Gasteiger partial charge is 0.462 e. The maximum absolute atomic E-state index is 13.3. The molecule has 6 nitrogen and oxygen atoms in total. The summed E-state index contributed by atoms with van der Waals surface area (Å²) in [7, 11) is 0. The van der Waals surface area contributed by atoms with Gasteiger partial charge >= 0.3 is 5.97 Å². The minimum absolute atomic E-state index is 0.0885. The molecule has 0 spiro atoms. The van der Waals surface area contributed by atoms with E-state index in [1.54, 1.807) is 0 Å². The van der Waals surface area contributed by atoms with Gasteiger partial charge in [-0.3, -0.25) is 9.59 Å². The standard InChI is InChI=1S/C57H113NO5/c1-4-7-10-13-16-19-22-25-27-29-32-34-37-40-43-46-49-55(60)54(52-59)58-56(61)51-53(48-45-42-39-36-33-31-28-26-23-20-17-14-11-8-5-2)63-57(62)50-47-44-41-38-35-30-24-21-18-15-12-9-6-3/h53-55,59-60H,4-52H2,1-3H3,(H,58,61). The van der Waals surface area contributed by atoms with Crippen molar-refractivity contribution in [2.45, 2.75) is 347 Å². The predicted molar refractivity (Wildman–Crippen MR) is 274 cm³/mol. The smallest absolute Gasteiger partial charge is 0.306 e. The summed E-state index contributed by atoms with van der Waals surface area (Å²) in [5, 5.41) is 23.9. The van der Waals surface area contributed by atoms with E-state index in [4.69, 9.17) is 4.74 Å². The van der Waals surface area contributed by atoms with Crippen LogP contribution in [0.25, 0.3) is 0 Å². The molecule has 0 aromatic heterocycles. The van der Waals surface area contributed by atoms with Crippen molar-refractivity contribution in [3.05, 3.63) is 0 Å². The van der Waals surface area contributed by atoms with Gasteiger partial charge in [-0.2, -0.15) is 0 Å². The van der Waals surface area contributed by atoms with E-state index in [0.29, 0.717) is 19.3 Å². The first-order chi connectivity index (χ1) is 31.0. The van der Waals surface area contributed by atoms with Crippen molar-refractivity contribution in [1.82, 2.24) is 5.32 Å². The van der Waals surface area contributed by atoms with Gasteiger partial charge in [-0.25, -0.2) is 0 Å². The fourth-order valence-electron chi connectivity index (χ4n) is 9.32. The minimum Gasteiger partial charge on any atom is -0.462 e. The predicted octanol–water partition coefficient (Wildman–Crippen LogP) is 17.5. The molecule has 0 rings (SSSR count). The number of hydrogen-bond donors (Lipinski definition) is 3. The lowest BCUT2D eigenvalue weighted by molar-refractivity contribution is -0.151. The van der Waals surface area contributed by atoms with E-state index in [1.165, 1.54) is 244 Å². The molecule has 0 bridgehead atoms. The van der Waals surface area contributed by atoms with Crippen LogP contribution in [-0.4, -0.2) is 46.9 Å². The third-order valence-electron chi connectivity index (χ3n) is 13.7.